The lowest BCUT2D eigenvalue weighted by Gasteiger charge is -2.30. The lowest BCUT2D eigenvalue weighted by molar-refractivity contribution is -0.131. The molecule has 0 saturated heterocycles. The Labute approximate surface area is 114 Å². The highest BCUT2D eigenvalue weighted by molar-refractivity contribution is 5.85. The van der Waals surface area contributed by atoms with Gasteiger partial charge in [-0.2, -0.15) is 0 Å². The Hall–Kier alpha value is -1.61. The average Bonchev–Trinajstić information content (AvgIpc) is 2.32. The summed E-state index contributed by atoms with van der Waals surface area (Å²) in [5.74, 6) is -0.0346. The second-order valence-corrected chi connectivity index (χ2v) is 5.41. The van der Waals surface area contributed by atoms with E-state index in [-0.39, 0.29) is 0 Å². The van der Waals surface area contributed by atoms with Gasteiger partial charge in [-0.15, -0.1) is 0 Å². The van der Waals surface area contributed by atoms with Crippen molar-refractivity contribution in [2.75, 3.05) is 13.6 Å². The molecule has 1 N–H and O–H groups in total. The first-order valence-corrected chi connectivity index (χ1v) is 6.82. The van der Waals surface area contributed by atoms with E-state index in [1.54, 1.807) is 6.08 Å². The van der Waals surface area contributed by atoms with Gasteiger partial charge in [0.15, 0.2) is 0 Å². The molecule has 19 heavy (non-hydrogen) atoms. The van der Waals surface area contributed by atoms with Crippen LogP contribution in [-0.2, 0) is 11.3 Å². The molecule has 1 fully saturated rings. The van der Waals surface area contributed by atoms with Crippen LogP contribution in [0.2, 0.25) is 0 Å². The molecular formula is C16H21NO2. The van der Waals surface area contributed by atoms with Gasteiger partial charge in [-0.25, -0.2) is 4.79 Å². The zero-order valence-electron chi connectivity index (χ0n) is 11.4. The zero-order chi connectivity index (χ0) is 13.7. The molecule has 0 heterocycles. The summed E-state index contributed by atoms with van der Waals surface area (Å²) in [6.45, 7) is 2.08. The standard InChI is InChI=1S/C16H21NO2/c1-17(11-14-5-3-6-14)12-15-7-2-4-13(10-15)8-9-16(18)19/h2,4,7-10,14H,3,5-6,11-12H2,1H3,(H,18,19)/b9-8+. The van der Waals surface area contributed by atoms with E-state index in [4.69, 9.17) is 5.11 Å². The van der Waals surface area contributed by atoms with Crippen molar-refractivity contribution in [3.05, 3.63) is 41.5 Å². The second kappa shape index (κ2) is 6.53. The van der Waals surface area contributed by atoms with E-state index in [0.29, 0.717) is 0 Å². The van der Waals surface area contributed by atoms with Gasteiger partial charge in [-0.05, 0) is 43.0 Å². The van der Waals surface area contributed by atoms with Crippen molar-refractivity contribution < 1.29 is 9.90 Å². The smallest absolute Gasteiger partial charge is 0.328 e. The molecule has 0 aromatic heterocycles. The third kappa shape index (κ3) is 4.52. The fourth-order valence-corrected chi connectivity index (χ4v) is 2.46. The fraction of sp³-hybridized carbons (Fsp3) is 0.438. The first kappa shape index (κ1) is 13.8. The lowest BCUT2D eigenvalue weighted by atomic mass is 9.85. The van der Waals surface area contributed by atoms with Gasteiger partial charge in [-0.1, -0.05) is 30.7 Å². The second-order valence-electron chi connectivity index (χ2n) is 5.41. The van der Waals surface area contributed by atoms with Crippen molar-refractivity contribution in [2.24, 2.45) is 5.92 Å². The molecule has 2 rings (SSSR count). The largest absolute Gasteiger partial charge is 0.478 e. The Morgan fingerprint density at radius 1 is 1.47 bits per heavy atom. The third-order valence-corrected chi connectivity index (χ3v) is 3.62. The molecule has 0 unspecified atom stereocenters. The minimum Gasteiger partial charge on any atom is -0.478 e. The quantitative estimate of drug-likeness (QED) is 0.798. The van der Waals surface area contributed by atoms with Gasteiger partial charge in [0.1, 0.15) is 0 Å². The highest BCUT2D eigenvalue weighted by Crippen LogP contribution is 2.27. The van der Waals surface area contributed by atoms with Crippen LogP contribution in [0.3, 0.4) is 0 Å². The van der Waals surface area contributed by atoms with E-state index < -0.39 is 5.97 Å². The highest BCUT2D eigenvalue weighted by atomic mass is 16.4. The monoisotopic (exact) mass is 259 g/mol. The predicted molar refractivity (Wildman–Crippen MR) is 76.8 cm³/mol. The maximum atomic E-state index is 10.5. The lowest BCUT2D eigenvalue weighted by Crippen LogP contribution is -2.29. The minimum absolute atomic E-state index is 0.875. The van der Waals surface area contributed by atoms with Crippen molar-refractivity contribution in [1.82, 2.24) is 4.90 Å². The Morgan fingerprint density at radius 3 is 2.89 bits per heavy atom. The normalized spacial score (nSPS) is 15.9. The summed E-state index contributed by atoms with van der Waals surface area (Å²) in [5.41, 5.74) is 2.17. The van der Waals surface area contributed by atoms with Gasteiger partial charge in [0, 0.05) is 19.2 Å². The third-order valence-electron chi connectivity index (χ3n) is 3.62. The molecule has 1 saturated carbocycles. The van der Waals surface area contributed by atoms with Crippen LogP contribution in [0.5, 0.6) is 0 Å². The number of carboxylic acid groups (broad SMARTS) is 1. The zero-order valence-corrected chi connectivity index (χ0v) is 11.4. The molecule has 0 aliphatic heterocycles. The number of hydrogen-bond donors (Lipinski definition) is 1. The Morgan fingerprint density at radius 2 is 2.26 bits per heavy atom. The summed E-state index contributed by atoms with van der Waals surface area (Å²) in [5, 5.41) is 8.63. The molecule has 1 aromatic carbocycles. The van der Waals surface area contributed by atoms with Crippen LogP contribution in [0.4, 0.5) is 0 Å². The summed E-state index contributed by atoms with van der Waals surface area (Å²) in [4.78, 5) is 12.9. The SMILES string of the molecule is CN(Cc1cccc(/C=C/C(=O)O)c1)CC1CCC1. The molecule has 0 atom stereocenters. The van der Waals surface area contributed by atoms with E-state index in [0.717, 1.165) is 24.6 Å². The van der Waals surface area contributed by atoms with Crippen molar-refractivity contribution in [3.8, 4) is 0 Å². The van der Waals surface area contributed by atoms with E-state index >= 15 is 0 Å². The summed E-state index contributed by atoms with van der Waals surface area (Å²) < 4.78 is 0. The van der Waals surface area contributed by atoms with E-state index in [2.05, 4.69) is 24.1 Å². The van der Waals surface area contributed by atoms with E-state index in [1.165, 1.54) is 30.9 Å². The Balaban J connectivity index is 1.92. The minimum atomic E-state index is -0.910. The van der Waals surface area contributed by atoms with Crippen LogP contribution in [-0.4, -0.2) is 29.6 Å². The number of benzene rings is 1. The van der Waals surface area contributed by atoms with E-state index in [1.807, 2.05) is 12.1 Å². The molecule has 1 aromatic rings. The number of carboxylic acids is 1. The molecule has 0 radical (unpaired) electrons. The summed E-state index contributed by atoms with van der Waals surface area (Å²) in [6.07, 6.45) is 6.93. The molecule has 0 bridgehead atoms. The molecule has 3 nitrogen and oxygen atoms in total. The maximum absolute atomic E-state index is 10.5. The first-order valence-electron chi connectivity index (χ1n) is 6.82. The van der Waals surface area contributed by atoms with Gasteiger partial charge in [0.2, 0.25) is 0 Å². The number of rotatable bonds is 6. The van der Waals surface area contributed by atoms with Crippen LogP contribution >= 0.6 is 0 Å². The Kier molecular flexibility index (Phi) is 4.74. The predicted octanol–water partition coefficient (Wildman–Crippen LogP) is 3.02. The molecule has 102 valence electrons. The molecule has 1 aliphatic carbocycles. The summed E-state index contributed by atoms with van der Waals surface area (Å²) in [7, 11) is 2.15. The molecule has 1 aliphatic rings. The van der Waals surface area contributed by atoms with Crippen molar-refractivity contribution in [1.29, 1.82) is 0 Å². The summed E-state index contributed by atoms with van der Waals surface area (Å²) in [6, 6.07) is 8.05. The molecule has 3 heteroatoms. The van der Waals surface area contributed by atoms with Gasteiger partial charge < -0.3 is 10.0 Å². The molecular weight excluding hydrogens is 238 g/mol. The number of aliphatic carboxylic acids is 1. The average molecular weight is 259 g/mol. The van der Waals surface area contributed by atoms with E-state index in [9.17, 15) is 4.79 Å². The van der Waals surface area contributed by atoms with Gasteiger partial charge >= 0.3 is 5.97 Å². The van der Waals surface area contributed by atoms with Crippen molar-refractivity contribution in [3.63, 3.8) is 0 Å². The fourth-order valence-electron chi connectivity index (χ4n) is 2.46. The van der Waals surface area contributed by atoms with Crippen molar-refractivity contribution in [2.45, 2.75) is 25.8 Å². The van der Waals surface area contributed by atoms with Crippen LogP contribution in [0.25, 0.3) is 6.08 Å². The highest BCUT2D eigenvalue weighted by Gasteiger charge is 2.18. The maximum Gasteiger partial charge on any atom is 0.328 e. The van der Waals surface area contributed by atoms with Crippen LogP contribution in [0, 0.1) is 5.92 Å². The van der Waals surface area contributed by atoms with Gasteiger partial charge in [0.25, 0.3) is 0 Å². The van der Waals surface area contributed by atoms with Gasteiger partial charge in [0.05, 0.1) is 0 Å². The van der Waals surface area contributed by atoms with Crippen LogP contribution in [0.15, 0.2) is 30.3 Å². The van der Waals surface area contributed by atoms with Crippen LogP contribution in [0.1, 0.15) is 30.4 Å². The molecule has 0 spiro atoms. The van der Waals surface area contributed by atoms with Gasteiger partial charge in [-0.3, -0.25) is 0 Å². The van der Waals surface area contributed by atoms with Crippen molar-refractivity contribution >= 4 is 12.0 Å². The number of nitrogens with zero attached hydrogens (tertiary/aromatic N) is 1. The molecule has 0 amide bonds. The van der Waals surface area contributed by atoms with Crippen LogP contribution < -0.4 is 0 Å². The summed E-state index contributed by atoms with van der Waals surface area (Å²) >= 11 is 0. The first-order chi connectivity index (χ1) is 9.13. The topological polar surface area (TPSA) is 40.5 Å². The number of carbonyl (C=O) groups is 1. The number of hydrogen-bond acceptors (Lipinski definition) is 2. The Bertz CT molecular complexity index is 464.